The smallest absolute Gasteiger partial charge is 0.259 e. The van der Waals surface area contributed by atoms with Crippen molar-refractivity contribution in [1.29, 1.82) is 0 Å². The summed E-state index contributed by atoms with van der Waals surface area (Å²) in [5.74, 6) is 0.145. The number of amides is 1. The minimum Gasteiger partial charge on any atom is -0.504 e. The lowest BCUT2D eigenvalue weighted by Gasteiger charge is -2.08. The van der Waals surface area contributed by atoms with E-state index in [0.717, 1.165) is 14.8 Å². The number of ether oxygens (including phenoxy) is 1. The molecule has 0 saturated carbocycles. The number of phenols is 1. The van der Waals surface area contributed by atoms with E-state index in [4.69, 9.17) is 4.74 Å². The number of halogens is 1. The number of rotatable bonds is 6. The van der Waals surface area contributed by atoms with Crippen LogP contribution < -0.4 is 15.5 Å². The Morgan fingerprint density at radius 1 is 1.33 bits per heavy atom. The zero-order valence-corrected chi connectivity index (χ0v) is 15.5. The monoisotopic (exact) mass is 439 g/mol. The third-order valence-corrected chi connectivity index (χ3v) is 3.91. The van der Waals surface area contributed by atoms with Crippen LogP contribution in [0.4, 0.5) is 5.69 Å². The van der Waals surface area contributed by atoms with Crippen molar-refractivity contribution >= 4 is 40.4 Å². The number of hydrogen-bond donors (Lipinski definition) is 3. The molecule has 0 saturated heterocycles. The summed E-state index contributed by atoms with van der Waals surface area (Å²) in [7, 11) is 1.47. The average Bonchev–Trinajstić information content (AvgIpc) is 2.55. The number of hydrogen-bond acceptors (Lipinski definition) is 5. The SMILES string of the molecule is COc1cc(/C=N\NC(=O)CNc2ccc(I)cc2C)ccc1O. The highest BCUT2D eigenvalue weighted by atomic mass is 127. The molecule has 7 heteroatoms. The van der Waals surface area contributed by atoms with Crippen molar-refractivity contribution < 1.29 is 14.6 Å². The van der Waals surface area contributed by atoms with Crippen LogP contribution in [0, 0.1) is 10.5 Å². The number of aromatic hydroxyl groups is 1. The highest BCUT2D eigenvalue weighted by Crippen LogP contribution is 2.25. The predicted octanol–water partition coefficient (Wildman–Crippen LogP) is 2.88. The van der Waals surface area contributed by atoms with Crippen molar-refractivity contribution in [3.8, 4) is 11.5 Å². The number of hydrazone groups is 1. The minimum atomic E-state index is -0.255. The molecule has 2 rings (SSSR count). The molecule has 0 aliphatic carbocycles. The van der Waals surface area contributed by atoms with E-state index in [1.54, 1.807) is 12.1 Å². The molecule has 0 aliphatic heterocycles. The number of anilines is 1. The first kappa shape index (κ1) is 18.1. The van der Waals surface area contributed by atoms with Gasteiger partial charge in [0.25, 0.3) is 5.91 Å². The first-order chi connectivity index (χ1) is 11.5. The van der Waals surface area contributed by atoms with Crippen molar-refractivity contribution in [2.45, 2.75) is 6.92 Å². The van der Waals surface area contributed by atoms with E-state index in [0.29, 0.717) is 11.3 Å². The molecule has 0 unspecified atom stereocenters. The van der Waals surface area contributed by atoms with E-state index >= 15 is 0 Å². The van der Waals surface area contributed by atoms with Crippen LogP contribution in [0.25, 0.3) is 0 Å². The van der Waals surface area contributed by atoms with Crippen molar-refractivity contribution in [2.24, 2.45) is 5.10 Å². The lowest BCUT2D eigenvalue weighted by Crippen LogP contribution is -2.26. The molecule has 0 fully saturated rings. The molecule has 0 aromatic heterocycles. The highest BCUT2D eigenvalue weighted by molar-refractivity contribution is 14.1. The van der Waals surface area contributed by atoms with E-state index in [1.165, 1.54) is 19.4 Å². The fraction of sp³-hybridized carbons (Fsp3) is 0.176. The summed E-state index contributed by atoms with van der Waals surface area (Å²) in [5, 5.41) is 16.5. The number of nitrogens with one attached hydrogen (secondary N) is 2. The molecule has 126 valence electrons. The minimum absolute atomic E-state index is 0.0516. The predicted molar refractivity (Wildman–Crippen MR) is 103 cm³/mol. The van der Waals surface area contributed by atoms with Crippen molar-refractivity contribution in [3.05, 3.63) is 51.1 Å². The van der Waals surface area contributed by atoms with Crippen LogP contribution >= 0.6 is 22.6 Å². The molecule has 2 aromatic carbocycles. The van der Waals surface area contributed by atoms with Crippen molar-refractivity contribution in [2.75, 3.05) is 19.0 Å². The maximum atomic E-state index is 11.8. The van der Waals surface area contributed by atoms with Gasteiger partial charge in [0.15, 0.2) is 11.5 Å². The lowest BCUT2D eigenvalue weighted by molar-refractivity contribution is -0.119. The van der Waals surface area contributed by atoms with Crippen molar-refractivity contribution in [1.82, 2.24) is 5.43 Å². The highest BCUT2D eigenvalue weighted by Gasteiger charge is 2.03. The fourth-order valence-electron chi connectivity index (χ4n) is 1.99. The van der Waals surface area contributed by atoms with E-state index < -0.39 is 0 Å². The zero-order chi connectivity index (χ0) is 17.5. The first-order valence-electron chi connectivity index (χ1n) is 7.18. The molecule has 3 N–H and O–H groups in total. The van der Waals surface area contributed by atoms with Crippen molar-refractivity contribution in [3.63, 3.8) is 0 Å². The van der Waals surface area contributed by atoms with Crippen LogP contribution in [0.3, 0.4) is 0 Å². The molecule has 0 heterocycles. The molecule has 0 aliphatic rings. The van der Waals surface area contributed by atoms with Gasteiger partial charge in [0.1, 0.15) is 0 Å². The molecule has 6 nitrogen and oxygen atoms in total. The fourth-order valence-corrected chi connectivity index (χ4v) is 2.64. The Morgan fingerprint density at radius 3 is 2.83 bits per heavy atom. The number of methoxy groups -OCH3 is 1. The van der Waals surface area contributed by atoms with E-state index in [1.807, 2.05) is 25.1 Å². The Morgan fingerprint density at radius 2 is 2.12 bits per heavy atom. The van der Waals surface area contributed by atoms with Crippen LogP contribution in [0.15, 0.2) is 41.5 Å². The first-order valence-corrected chi connectivity index (χ1v) is 8.26. The van der Waals surface area contributed by atoms with Crippen LogP contribution in [-0.2, 0) is 4.79 Å². The lowest BCUT2D eigenvalue weighted by atomic mass is 10.2. The van der Waals surface area contributed by atoms with Crippen LogP contribution in [0.1, 0.15) is 11.1 Å². The second kappa shape index (κ2) is 8.53. The Bertz CT molecular complexity index is 763. The second-order valence-electron chi connectivity index (χ2n) is 5.04. The quantitative estimate of drug-likeness (QED) is 0.367. The maximum Gasteiger partial charge on any atom is 0.259 e. The summed E-state index contributed by atoms with van der Waals surface area (Å²) >= 11 is 2.24. The van der Waals surface area contributed by atoms with Crippen LogP contribution in [0.2, 0.25) is 0 Å². The standard InChI is InChI=1S/C17H18IN3O3/c1-11-7-13(18)4-5-14(11)19-10-17(23)21-20-9-12-3-6-15(22)16(8-12)24-2/h3-9,19,22H,10H2,1-2H3,(H,21,23)/b20-9-. The van der Waals surface area contributed by atoms with Gasteiger partial charge in [-0.05, 0) is 77.0 Å². The van der Waals surface area contributed by atoms with Gasteiger partial charge < -0.3 is 15.2 Å². The topological polar surface area (TPSA) is 83.0 Å². The Balaban J connectivity index is 1.86. The molecular weight excluding hydrogens is 421 g/mol. The van der Waals surface area contributed by atoms with Gasteiger partial charge in [-0.1, -0.05) is 0 Å². The van der Waals surface area contributed by atoms with Gasteiger partial charge in [-0.15, -0.1) is 0 Å². The number of benzene rings is 2. The van der Waals surface area contributed by atoms with E-state index in [9.17, 15) is 9.90 Å². The summed E-state index contributed by atoms with van der Waals surface area (Å²) < 4.78 is 6.16. The Hall–Kier alpha value is -2.29. The molecule has 0 atom stereocenters. The van der Waals surface area contributed by atoms with E-state index in [2.05, 4.69) is 38.4 Å². The van der Waals surface area contributed by atoms with Gasteiger partial charge in [0, 0.05) is 9.26 Å². The average molecular weight is 439 g/mol. The van der Waals surface area contributed by atoms with Gasteiger partial charge in [-0.3, -0.25) is 4.79 Å². The maximum absolute atomic E-state index is 11.8. The number of aryl methyl sites for hydroxylation is 1. The van der Waals surface area contributed by atoms with Gasteiger partial charge >= 0.3 is 0 Å². The summed E-state index contributed by atoms with van der Waals surface area (Å²) in [6, 6.07) is 10.7. The third-order valence-electron chi connectivity index (χ3n) is 3.23. The Labute approximate surface area is 154 Å². The summed E-state index contributed by atoms with van der Waals surface area (Å²) in [5.41, 5.74) is 5.14. The summed E-state index contributed by atoms with van der Waals surface area (Å²) in [6.07, 6.45) is 1.48. The second-order valence-corrected chi connectivity index (χ2v) is 6.28. The molecule has 1 amide bonds. The number of carbonyl (C=O) groups excluding carboxylic acids is 1. The number of phenolic OH excluding ortho intramolecular Hbond substituents is 1. The normalized spacial score (nSPS) is 10.6. The summed E-state index contributed by atoms with van der Waals surface area (Å²) in [6.45, 7) is 2.11. The van der Waals surface area contributed by atoms with Gasteiger partial charge in [-0.25, -0.2) is 5.43 Å². The molecule has 0 radical (unpaired) electrons. The third kappa shape index (κ3) is 5.12. The van der Waals surface area contributed by atoms with E-state index in [-0.39, 0.29) is 18.2 Å². The van der Waals surface area contributed by atoms with Gasteiger partial charge in [-0.2, -0.15) is 5.10 Å². The molecule has 0 spiro atoms. The number of nitrogens with zero attached hydrogens (tertiary/aromatic N) is 1. The summed E-state index contributed by atoms with van der Waals surface area (Å²) in [4.78, 5) is 11.8. The number of carbonyl (C=O) groups is 1. The molecule has 2 aromatic rings. The van der Waals surface area contributed by atoms with Gasteiger partial charge in [0.05, 0.1) is 19.9 Å². The zero-order valence-electron chi connectivity index (χ0n) is 13.3. The molecular formula is C17H18IN3O3. The molecule has 0 bridgehead atoms. The Kier molecular flexibility index (Phi) is 6.42. The van der Waals surface area contributed by atoms with Crippen LogP contribution in [0.5, 0.6) is 11.5 Å². The van der Waals surface area contributed by atoms with Crippen LogP contribution in [-0.4, -0.2) is 30.9 Å². The molecule has 24 heavy (non-hydrogen) atoms. The largest absolute Gasteiger partial charge is 0.504 e. The van der Waals surface area contributed by atoms with Gasteiger partial charge in [0.2, 0.25) is 0 Å².